The van der Waals surface area contributed by atoms with Crippen LogP contribution >= 0.6 is 0 Å². The molecule has 2 heteroatoms. The third-order valence-electron chi connectivity index (χ3n) is 4.47. The minimum Gasteiger partial charge on any atom is -0.392 e. The summed E-state index contributed by atoms with van der Waals surface area (Å²) in [6, 6.07) is 0. The second kappa shape index (κ2) is 9.32. The summed E-state index contributed by atoms with van der Waals surface area (Å²) in [6.45, 7) is 11.0. The fourth-order valence-corrected chi connectivity index (χ4v) is 2.65. The molecule has 0 spiro atoms. The first-order valence-corrected chi connectivity index (χ1v) is 8.60. The van der Waals surface area contributed by atoms with E-state index in [4.69, 9.17) is 9.84 Å². The Labute approximate surface area is 137 Å². The molecule has 0 bridgehead atoms. The maximum atomic E-state index is 8.82. The summed E-state index contributed by atoms with van der Waals surface area (Å²) in [5.41, 5.74) is 4.35. The van der Waals surface area contributed by atoms with Gasteiger partial charge in [0.25, 0.3) is 0 Å². The van der Waals surface area contributed by atoms with Crippen molar-refractivity contribution in [1.82, 2.24) is 0 Å². The first-order valence-electron chi connectivity index (χ1n) is 8.60. The molecule has 0 aliphatic carbocycles. The predicted octanol–water partition coefficient (Wildman–Crippen LogP) is 5.34. The van der Waals surface area contributed by atoms with Crippen molar-refractivity contribution in [3.8, 4) is 0 Å². The molecule has 1 saturated heterocycles. The molecule has 1 fully saturated rings. The average molecular weight is 306 g/mol. The molecule has 22 heavy (non-hydrogen) atoms. The molecule has 2 nitrogen and oxygen atoms in total. The van der Waals surface area contributed by atoms with Crippen LogP contribution in [0.25, 0.3) is 0 Å². The summed E-state index contributed by atoms with van der Waals surface area (Å²) in [5, 5.41) is 8.82. The van der Waals surface area contributed by atoms with Gasteiger partial charge in [0.15, 0.2) is 0 Å². The summed E-state index contributed by atoms with van der Waals surface area (Å²) in [5.74, 6) is 0. The molecule has 1 rings (SSSR count). The molecule has 1 N–H and O–H groups in total. The third-order valence-corrected chi connectivity index (χ3v) is 4.47. The van der Waals surface area contributed by atoms with Gasteiger partial charge in [0, 0.05) is 0 Å². The molecule has 0 aromatic rings. The number of rotatable bonds is 10. The Morgan fingerprint density at radius 3 is 1.82 bits per heavy atom. The van der Waals surface area contributed by atoms with Crippen LogP contribution in [0.3, 0.4) is 0 Å². The van der Waals surface area contributed by atoms with Crippen LogP contribution in [0.15, 0.2) is 34.9 Å². The first kappa shape index (κ1) is 19.2. The second-order valence-corrected chi connectivity index (χ2v) is 7.16. The number of aliphatic hydroxyl groups excluding tert-OH is 1. The molecule has 1 atom stereocenters. The monoisotopic (exact) mass is 306 g/mol. The van der Waals surface area contributed by atoms with Gasteiger partial charge in [-0.3, -0.25) is 0 Å². The summed E-state index contributed by atoms with van der Waals surface area (Å²) in [6.07, 6.45) is 13.8. The lowest BCUT2D eigenvalue weighted by Crippen LogP contribution is -2.02. The Kier molecular flexibility index (Phi) is 8.13. The van der Waals surface area contributed by atoms with Crippen molar-refractivity contribution in [2.45, 2.75) is 84.8 Å². The molecule has 0 radical (unpaired) electrons. The van der Waals surface area contributed by atoms with E-state index >= 15 is 0 Å². The summed E-state index contributed by atoms with van der Waals surface area (Å²) in [4.78, 5) is 0. The van der Waals surface area contributed by atoms with Gasteiger partial charge in [-0.1, -0.05) is 34.9 Å². The Morgan fingerprint density at radius 1 is 0.909 bits per heavy atom. The van der Waals surface area contributed by atoms with Crippen LogP contribution in [0, 0.1) is 0 Å². The van der Waals surface area contributed by atoms with Gasteiger partial charge in [-0.25, -0.2) is 0 Å². The molecule has 0 amide bonds. The lowest BCUT2D eigenvalue weighted by Gasteiger charge is -2.03. The largest absolute Gasteiger partial charge is 0.392 e. The van der Waals surface area contributed by atoms with Crippen molar-refractivity contribution in [2.24, 2.45) is 0 Å². The topological polar surface area (TPSA) is 32.8 Å². The predicted molar refractivity (Wildman–Crippen MR) is 95.0 cm³/mol. The van der Waals surface area contributed by atoms with Gasteiger partial charge in [0.2, 0.25) is 0 Å². The highest BCUT2D eigenvalue weighted by molar-refractivity contribution is 5.07. The minimum atomic E-state index is 0.127. The lowest BCUT2D eigenvalue weighted by atomic mass is 10.0. The number of epoxide rings is 1. The van der Waals surface area contributed by atoms with Crippen molar-refractivity contribution >= 4 is 0 Å². The van der Waals surface area contributed by atoms with E-state index in [9.17, 15) is 0 Å². The summed E-state index contributed by atoms with van der Waals surface area (Å²) < 4.78 is 5.62. The van der Waals surface area contributed by atoms with Gasteiger partial charge in [0.05, 0.1) is 18.3 Å². The maximum Gasteiger partial charge on any atom is 0.0892 e. The van der Waals surface area contributed by atoms with E-state index in [2.05, 4.69) is 46.8 Å². The van der Waals surface area contributed by atoms with Crippen LogP contribution in [0.5, 0.6) is 0 Å². The van der Waals surface area contributed by atoms with Crippen molar-refractivity contribution in [3.63, 3.8) is 0 Å². The van der Waals surface area contributed by atoms with Crippen molar-refractivity contribution in [2.75, 3.05) is 6.61 Å². The fraction of sp³-hybridized carbons (Fsp3) is 0.700. The van der Waals surface area contributed by atoms with Crippen molar-refractivity contribution < 1.29 is 9.84 Å². The molecular formula is C20H34O2. The zero-order valence-electron chi connectivity index (χ0n) is 15.1. The molecule has 1 aliphatic heterocycles. The molecule has 0 unspecified atom stereocenters. The zero-order chi connectivity index (χ0) is 16.6. The molecule has 1 heterocycles. The number of ether oxygens (including phenoxy) is 1. The van der Waals surface area contributed by atoms with Crippen LogP contribution in [-0.4, -0.2) is 23.4 Å². The Morgan fingerprint density at radius 2 is 1.36 bits per heavy atom. The molecule has 0 aromatic heterocycles. The van der Waals surface area contributed by atoms with Crippen molar-refractivity contribution in [3.05, 3.63) is 34.9 Å². The normalized spacial score (nSPS) is 22.1. The summed E-state index contributed by atoms with van der Waals surface area (Å²) >= 11 is 0. The van der Waals surface area contributed by atoms with Crippen LogP contribution < -0.4 is 0 Å². The highest BCUT2D eigenvalue weighted by Gasteiger charge is 2.46. The number of allylic oxidation sites excluding steroid dienone is 5. The zero-order valence-corrected chi connectivity index (χ0v) is 15.1. The van der Waals surface area contributed by atoms with Gasteiger partial charge in [-0.15, -0.1) is 0 Å². The Hall–Kier alpha value is -0.860. The van der Waals surface area contributed by atoms with Gasteiger partial charge in [0.1, 0.15) is 0 Å². The minimum absolute atomic E-state index is 0.127. The van der Waals surface area contributed by atoms with E-state index in [-0.39, 0.29) is 12.2 Å². The standard InChI is InChI=1S/C20H34O2/c1-16(9-7-11-18(3)14-15-21)8-6-10-17(2)12-13-19-20(4,5)22-19/h9-10,14,19,21H,6-8,11-13,15H2,1-5H3/b16-9+,17-10+,18-14+/t19-/m1/s1. The van der Waals surface area contributed by atoms with E-state index in [0.29, 0.717) is 6.10 Å². The third kappa shape index (κ3) is 7.95. The quantitative estimate of drug-likeness (QED) is 0.437. The molecular weight excluding hydrogens is 272 g/mol. The second-order valence-electron chi connectivity index (χ2n) is 7.16. The van der Waals surface area contributed by atoms with Crippen LogP contribution in [0.2, 0.25) is 0 Å². The Balaban J connectivity index is 2.16. The number of aliphatic hydroxyl groups is 1. The van der Waals surface area contributed by atoms with E-state index < -0.39 is 0 Å². The smallest absolute Gasteiger partial charge is 0.0892 e. The van der Waals surface area contributed by atoms with Crippen LogP contribution in [0.1, 0.15) is 73.1 Å². The maximum absolute atomic E-state index is 8.82. The van der Waals surface area contributed by atoms with E-state index in [1.54, 1.807) is 0 Å². The van der Waals surface area contributed by atoms with Crippen LogP contribution in [0.4, 0.5) is 0 Å². The lowest BCUT2D eigenvalue weighted by molar-refractivity contribution is 0.320. The molecule has 0 saturated carbocycles. The van der Waals surface area contributed by atoms with Crippen molar-refractivity contribution in [1.29, 1.82) is 0 Å². The number of hydrogen-bond acceptors (Lipinski definition) is 2. The van der Waals surface area contributed by atoms with Gasteiger partial charge >= 0.3 is 0 Å². The molecule has 1 aliphatic rings. The van der Waals surface area contributed by atoms with Crippen LogP contribution in [-0.2, 0) is 4.74 Å². The Bertz CT molecular complexity index is 427. The highest BCUT2D eigenvalue weighted by Crippen LogP contribution is 2.38. The SMILES string of the molecule is C/C(=C\CO)CC/C=C(\C)CC/C=C(\C)CC[C@H]1OC1(C)C. The highest BCUT2D eigenvalue weighted by atomic mass is 16.6. The summed E-state index contributed by atoms with van der Waals surface area (Å²) in [7, 11) is 0. The van der Waals surface area contributed by atoms with E-state index in [1.165, 1.54) is 16.7 Å². The van der Waals surface area contributed by atoms with E-state index in [1.807, 2.05) is 6.08 Å². The first-order chi connectivity index (χ1) is 10.3. The number of hydrogen-bond donors (Lipinski definition) is 1. The fourth-order valence-electron chi connectivity index (χ4n) is 2.65. The van der Waals surface area contributed by atoms with Gasteiger partial charge in [-0.2, -0.15) is 0 Å². The molecule has 126 valence electrons. The molecule has 0 aromatic carbocycles. The van der Waals surface area contributed by atoms with Gasteiger partial charge < -0.3 is 9.84 Å². The average Bonchev–Trinajstić information content (AvgIpc) is 3.04. The van der Waals surface area contributed by atoms with E-state index in [0.717, 1.165) is 38.5 Å². The van der Waals surface area contributed by atoms with Gasteiger partial charge in [-0.05, 0) is 73.1 Å².